The van der Waals surface area contributed by atoms with Gasteiger partial charge >= 0.3 is 5.97 Å². The van der Waals surface area contributed by atoms with Crippen molar-refractivity contribution in [1.29, 1.82) is 0 Å². The number of carbonyl (C=O) groups is 1. The van der Waals surface area contributed by atoms with Crippen molar-refractivity contribution < 1.29 is 9.53 Å². The fourth-order valence-electron chi connectivity index (χ4n) is 1.50. The summed E-state index contributed by atoms with van der Waals surface area (Å²) < 4.78 is 4.85. The Labute approximate surface area is 111 Å². The van der Waals surface area contributed by atoms with Gasteiger partial charge in [0.05, 0.1) is 7.11 Å². The summed E-state index contributed by atoms with van der Waals surface area (Å²) in [6, 6.07) is 0. The van der Waals surface area contributed by atoms with Crippen LogP contribution in [0.2, 0.25) is 0 Å². The number of aromatic nitrogens is 3. The minimum atomic E-state index is -0.641. The van der Waals surface area contributed by atoms with Gasteiger partial charge in [-0.1, -0.05) is 18.7 Å². The molecule has 6 nitrogen and oxygen atoms in total. The molecular weight excluding hydrogens is 252 g/mol. The summed E-state index contributed by atoms with van der Waals surface area (Å²) in [6.45, 7) is 4.72. The highest BCUT2D eigenvalue weighted by Crippen LogP contribution is 2.19. The summed E-state index contributed by atoms with van der Waals surface area (Å²) in [4.78, 5) is 15.8. The number of ether oxygens (including phenoxy) is 1. The van der Waals surface area contributed by atoms with E-state index in [1.165, 1.54) is 25.2 Å². The third kappa shape index (κ3) is 4.30. The molecule has 0 amide bonds. The van der Waals surface area contributed by atoms with Gasteiger partial charge in [0.2, 0.25) is 0 Å². The van der Waals surface area contributed by atoms with Gasteiger partial charge in [0.1, 0.15) is 11.9 Å². The van der Waals surface area contributed by atoms with Gasteiger partial charge in [-0.15, -0.1) is 0 Å². The standard InChI is InChI=1S/C11H20N4O2S/c1-4-6-13-11(2,9(16)17-3)5-7-18-10-12-8-14-15-10/h8,13H,4-7H2,1-3H3,(H,12,14,15). The van der Waals surface area contributed by atoms with Crippen LogP contribution in [0.1, 0.15) is 26.7 Å². The maximum atomic E-state index is 11.8. The Balaban J connectivity index is 2.47. The minimum absolute atomic E-state index is 0.228. The number of rotatable bonds is 8. The first-order valence-corrected chi connectivity index (χ1v) is 6.92. The highest BCUT2D eigenvalue weighted by molar-refractivity contribution is 7.99. The lowest BCUT2D eigenvalue weighted by Crippen LogP contribution is -2.50. The van der Waals surface area contributed by atoms with Crippen LogP contribution in [0.4, 0.5) is 0 Å². The second-order valence-electron chi connectivity index (χ2n) is 4.14. The van der Waals surface area contributed by atoms with Gasteiger partial charge in [-0.2, -0.15) is 5.10 Å². The Morgan fingerprint density at radius 3 is 3.00 bits per heavy atom. The van der Waals surface area contributed by atoms with Crippen LogP contribution in [0.3, 0.4) is 0 Å². The van der Waals surface area contributed by atoms with E-state index in [1.54, 1.807) is 0 Å². The smallest absolute Gasteiger partial charge is 0.325 e. The molecule has 2 N–H and O–H groups in total. The summed E-state index contributed by atoms with van der Waals surface area (Å²) >= 11 is 1.54. The predicted octanol–water partition coefficient (Wildman–Crippen LogP) is 1.22. The van der Waals surface area contributed by atoms with E-state index in [0.717, 1.165) is 23.9 Å². The number of H-pyrrole nitrogens is 1. The van der Waals surface area contributed by atoms with E-state index in [1.807, 2.05) is 6.92 Å². The van der Waals surface area contributed by atoms with E-state index in [-0.39, 0.29) is 5.97 Å². The Hall–Kier alpha value is -1.08. The van der Waals surface area contributed by atoms with Gasteiger partial charge in [-0.05, 0) is 26.3 Å². The van der Waals surface area contributed by atoms with Crippen LogP contribution < -0.4 is 5.32 Å². The molecule has 1 aromatic rings. The van der Waals surface area contributed by atoms with Crippen LogP contribution in [0.15, 0.2) is 11.5 Å². The van der Waals surface area contributed by atoms with Crippen molar-refractivity contribution in [1.82, 2.24) is 20.5 Å². The van der Waals surface area contributed by atoms with E-state index in [4.69, 9.17) is 4.74 Å². The van der Waals surface area contributed by atoms with Crippen molar-refractivity contribution in [3.8, 4) is 0 Å². The first-order chi connectivity index (χ1) is 8.62. The van der Waals surface area contributed by atoms with Crippen LogP contribution in [-0.4, -0.2) is 46.1 Å². The SMILES string of the molecule is CCCNC(C)(CCSc1ncn[nH]1)C(=O)OC. The zero-order chi connectivity index (χ0) is 13.4. The van der Waals surface area contributed by atoms with Crippen LogP contribution in [0, 0.1) is 0 Å². The molecule has 1 unspecified atom stereocenters. The number of aromatic amines is 1. The lowest BCUT2D eigenvalue weighted by molar-refractivity contribution is -0.148. The predicted molar refractivity (Wildman–Crippen MR) is 70.4 cm³/mol. The third-order valence-corrected chi connectivity index (χ3v) is 3.51. The molecule has 1 aromatic heterocycles. The number of hydrogen-bond acceptors (Lipinski definition) is 6. The fraction of sp³-hybridized carbons (Fsp3) is 0.727. The number of methoxy groups -OCH3 is 1. The van der Waals surface area contributed by atoms with E-state index in [0.29, 0.717) is 6.42 Å². The average molecular weight is 272 g/mol. The molecule has 0 fully saturated rings. The van der Waals surface area contributed by atoms with Gasteiger partial charge < -0.3 is 10.1 Å². The first kappa shape index (κ1) is 15.0. The highest BCUT2D eigenvalue weighted by atomic mass is 32.2. The van der Waals surface area contributed by atoms with E-state index >= 15 is 0 Å². The molecule has 1 rings (SSSR count). The molecule has 0 saturated carbocycles. The van der Waals surface area contributed by atoms with Gasteiger partial charge in [-0.25, -0.2) is 4.98 Å². The number of thioether (sulfide) groups is 1. The molecule has 1 heterocycles. The second-order valence-corrected chi connectivity index (χ2v) is 5.22. The van der Waals surface area contributed by atoms with Crippen molar-refractivity contribution in [2.24, 2.45) is 0 Å². The average Bonchev–Trinajstić information content (AvgIpc) is 2.88. The van der Waals surface area contributed by atoms with Crippen LogP contribution >= 0.6 is 11.8 Å². The van der Waals surface area contributed by atoms with Crippen molar-refractivity contribution in [3.63, 3.8) is 0 Å². The van der Waals surface area contributed by atoms with Gasteiger partial charge in [0.15, 0.2) is 5.16 Å². The van der Waals surface area contributed by atoms with Crippen molar-refractivity contribution in [2.75, 3.05) is 19.4 Å². The van der Waals surface area contributed by atoms with Gasteiger partial charge in [-0.3, -0.25) is 9.89 Å². The highest BCUT2D eigenvalue weighted by Gasteiger charge is 2.33. The fourth-order valence-corrected chi connectivity index (χ4v) is 2.45. The lowest BCUT2D eigenvalue weighted by atomic mass is 9.99. The zero-order valence-electron chi connectivity index (χ0n) is 11.0. The maximum absolute atomic E-state index is 11.8. The van der Waals surface area contributed by atoms with Crippen molar-refractivity contribution in [3.05, 3.63) is 6.33 Å². The monoisotopic (exact) mass is 272 g/mol. The van der Waals surface area contributed by atoms with Crippen molar-refractivity contribution in [2.45, 2.75) is 37.4 Å². The quantitative estimate of drug-likeness (QED) is 0.547. The molecule has 0 aliphatic heterocycles. The summed E-state index contributed by atoms with van der Waals surface area (Å²) in [6.07, 6.45) is 3.12. The number of esters is 1. The summed E-state index contributed by atoms with van der Waals surface area (Å²) in [7, 11) is 1.41. The Kier molecular flexibility index (Phi) is 6.14. The summed E-state index contributed by atoms with van der Waals surface area (Å²) in [5, 5.41) is 10.6. The number of nitrogens with one attached hydrogen (secondary N) is 2. The van der Waals surface area contributed by atoms with Crippen LogP contribution in [0.25, 0.3) is 0 Å². The van der Waals surface area contributed by atoms with E-state index < -0.39 is 5.54 Å². The molecule has 0 saturated heterocycles. The number of nitrogens with zero attached hydrogens (tertiary/aromatic N) is 2. The molecule has 0 radical (unpaired) electrons. The maximum Gasteiger partial charge on any atom is 0.325 e. The Morgan fingerprint density at radius 2 is 2.44 bits per heavy atom. The summed E-state index contributed by atoms with van der Waals surface area (Å²) in [5.74, 6) is 0.534. The Morgan fingerprint density at radius 1 is 1.67 bits per heavy atom. The molecule has 0 aliphatic rings. The molecule has 102 valence electrons. The molecule has 0 spiro atoms. The minimum Gasteiger partial charge on any atom is -0.468 e. The normalized spacial score (nSPS) is 14.2. The Bertz CT molecular complexity index is 358. The molecular formula is C11H20N4O2S. The van der Waals surface area contributed by atoms with E-state index in [2.05, 4.69) is 27.4 Å². The molecule has 0 bridgehead atoms. The van der Waals surface area contributed by atoms with Gasteiger partial charge in [0.25, 0.3) is 0 Å². The first-order valence-electron chi connectivity index (χ1n) is 5.94. The topological polar surface area (TPSA) is 79.9 Å². The molecule has 0 aromatic carbocycles. The largest absolute Gasteiger partial charge is 0.468 e. The number of hydrogen-bond donors (Lipinski definition) is 2. The number of carbonyl (C=O) groups excluding carboxylic acids is 1. The molecule has 7 heteroatoms. The van der Waals surface area contributed by atoms with Gasteiger partial charge in [0, 0.05) is 5.75 Å². The van der Waals surface area contributed by atoms with E-state index in [9.17, 15) is 4.79 Å². The van der Waals surface area contributed by atoms with Crippen LogP contribution in [0.5, 0.6) is 0 Å². The second kappa shape index (κ2) is 7.38. The van der Waals surface area contributed by atoms with Crippen LogP contribution in [-0.2, 0) is 9.53 Å². The van der Waals surface area contributed by atoms with Crippen molar-refractivity contribution >= 4 is 17.7 Å². The lowest BCUT2D eigenvalue weighted by Gasteiger charge is -2.27. The third-order valence-electron chi connectivity index (χ3n) is 2.63. The summed E-state index contributed by atoms with van der Waals surface area (Å²) in [5.41, 5.74) is -0.641. The molecule has 0 aliphatic carbocycles. The molecule has 18 heavy (non-hydrogen) atoms. The molecule has 1 atom stereocenters. The zero-order valence-corrected chi connectivity index (χ0v) is 11.8.